The number of methoxy groups -OCH3 is 1. The van der Waals surface area contributed by atoms with Gasteiger partial charge >= 0.3 is 0 Å². The summed E-state index contributed by atoms with van der Waals surface area (Å²) in [6.45, 7) is 0. The molecule has 2 bridgehead atoms. The number of nitrogens with zero attached hydrogens (tertiary/aromatic N) is 1. The number of aromatic nitrogens is 1. The van der Waals surface area contributed by atoms with Gasteiger partial charge in [-0.25, -0.2) is 0 Å². The smallest absolute Gasteiger partial charge is 0.273 e. The van der Waals surface area contributed by atoms with E-state index in [1.807, 2.05) is 24.3 Å². The maximum absolute atomic E-state index is 12.7. The van der Waals surface area contributed by atoms with E-state index in [0.717, 1.165) is 29.7 Å². The molecule has 2 aromatic rings. The summed E-state index contributed by atoms with van der Waals surface area (Å²) in [5, 5.41) is 7.24. The Morgan fingerprint density at radius 3 is 2.92 bits per heavy atom. The normalized spacial score (nSPS) is 31.8. The highest BCUT2D eigenvalue weighted by Crippen LogP contribution is 2.58. The zero-order chi connectivity index (χ0) is 17.7. The second-order valence-electron chi connectivity index (χ2n) is 8.01. The van der Waals surface area contributed by atoms with Crippen molar-refractivity contribution in [2.45, 2.75) is 38.1 Å². The van der Waals surface area contributed by atoms with Gasteiger partial charge in [0.05, 0.1) is 12.7 Å². The van der Waals surface area contributed by atoms with Crippen LogP contribution in [0.15, 0.2) is 34.9 Å². The van der Waals surface area contributed by atoms with Crippen LogP contribution in [0.4, 0.5) is 0 Å². The van der Waals surface area contributed by atoms with Crippen molar-refractivity contribution < 1.29 is 14.1 Å². The Balaban J connectivity index is 1.31. The molecule has 0 aliphatic heterocycles. The van der Waals surface area contributed by atoms with Crippen LogP contribution in [0, 0.1) is 23.7 Å². The number of carbonyl (C=O) groups excluding carboxylic acids is 1. The average Bonchev–Trinajstić information content (AvgIpc) is 3.42. The van der Waals surface area contributed by atoms with Gasteiger partial charge in [0.25, 0.3) is 5.91 Å². The summed E-state index contributed by atoms with van der Waals surface area (Å²) in [5.41, 5.74) is 1.15. The van der Waals surface area contributed by atoms with E-state index in [-0.39, 0.29) is 5.91 Å². The molecule has 3 aliphatic carbocycles. The lowest BCUT2D eigenvalue weighted by molar-refractivity contribution is 0.0892. The SMILES string of the molecule is COc1ccccc1-c1cc(C(=O)N[C@@H]2C[C@H]3C[C@H]2[C@@H]2CCC[C@H]32)no1. The third-order valence-electron chi connectivity index (χ3n) is 6.86. The average molecular weight is 352 g/mol. The molecule has 3 aliphatic rings. The summed E-state index contributed by atoms with van der Waals surface area (Å²) >= 11 is 0. The number of para-hydroxylation sites is 1. The topological polar surface area (TPSA) is 64.4 Å². The lowest BCUT2D eigenvalue weighted by Gasteiger charge is -2.31. The molecular formula is C21H24N2O3. The van der Waals surface area contributed by atoms with E-state index in [1.165, 1.54) is 25.7 Å². The van der Waals surface area contributed by atoms with Crippen LogP contribution in [0.1, 0.15) is 42.6 Å². The van der Waals surface area contributed by atoms with E-state index >= 15 is 0 Å². The maximum atomic E-state index is 12.7. The highest BCUT2D eigenvalue weighted by molar-refractivity contribution is 5.93. The quantitative estimate of drug-likeness (QED) is 0.906. The highest BCUT2D eigenvalue weighted by atomic mass is 16.5. The number of ether oxygens (including phenoxy) is 1. The van der Waals surface area contributed by atoms with Crippen LogP contribution in [0.3, 0.4) is 0 Å². The third-order valence-corrected chi connectivity index (χ3v) is 6.86. The Hall–Kier alpha value is -2.30. The molecule has 26 heavy (non-hydrogen) atoms. The number of benzene rings is 1. The molecule has 0 unspecified atom stereocenters. The van der Waals surface area contributed by atoms with Crippen molar-refractivity contribution in [2.75, 3.05) is 7.11 Å². The Kier molecular flexibility index (Phi) is 3.76. The number of rotatable bonds is 4. The van der Waals surface area contributed by atoms with Gasteiger partial charge < -0.3 is 14.6 Å². The van der Waals surface area contributed by atoms with Gasteiger partial charge in [-0.05, 0) is 61.5 Å². The Labute approximate surface area is 153 Å². The molecule has 1 amide bonds. The highest BCUT2D eigenvalue weighted by Gasteiger charge is 2.54. The van der Waals surface area contributed by atoms with Crippen molar-refractivity contribution in [1.29, 1.82) is 0 Å². The van der Waals surface area contributed by atoms with Gasteiger partial charge in [-0.2, -0.15) is 0 Å². The monoisotopic (exact) mass is 352 g/mol. The summed E-state index contributed by atoms with van der Waals surface area (Å²) in [6, 6.07) is 9.59. The fourth-order valence-corrected chi connectivity index (χ4v) is 5.83. The Morgan fingerprint density at radius 1 is 1.19 bits per heavy atom. The van der Waals surface area contributed by atoms with Crippen molar-refractivity contribution in [3.63, 3.8) is 0 Å². The first-order valence-corrected chi connectivity index (χ1v) is 9.65. The molecule has 5 heteroatoms. The van der Waals surface area contributed by atoms with Crippen LogP contribution in [0.25, 0.3) is 11.3 Å². The number of nitrogens with one attached hydrogen (secondary N) is 1. The molecule has 1 aromatic carbocycles. The van der Waals surface area contributed by atoms with Gasteiger partial charge in [0.15, 0.2) is 11.5 Å². The van der Waals surface area contributed by atoms with Crippen LogP contribution < -0.4 is 10.1 Å². The lowest BCUT2D eigenvalue weighted by Crippen LogP contribution is -2.42. The number of fused-ring (bicyclic) bond motifs is 5. The van der Waals surface area contributed by atoms with Crippen LogP contribution in [-0.2, 0) is 0 Å². The zero-order valence-electron chi connectivity index (χ0n) is 15.0. The van der Waals surface area contributed by atoms with Gasteiger partial charge in [-0.3, -0.25) is 4.79 Å². The van der Waals surface area contributed by atoms with Crippen molar-refractivity contribution >= 4 is 5.91 Å². The fourth-order valence-electron chi connectivity index (χ4n) is 5.83. The zero-order valence-corrected chi connectivity index (χ0v) is 15.0. The summed E-state index contributed by atoms with van der Waals surface area (Å²) in [6.07, 6.45) is 6.55. The molecule has 136 valence electrons. The van der Waals surface area contributed by atoms with E-state index in [1.54, 1.807) is 13.2 Å². The van der Waals surface area contributed by atoms with Crippen LogP contribution in [-0.4, -0.2) is 24.2 Å². The van der Waals surface area contributed by atoms with Gasteiger partial charge in [0, 0.05) is 12.1 Å². The third kappa shape index (κ3) is 2.44. The molecular weight excluding hydrogens is 328 g/mol. The molecule has 3 fully saturated rings. The first-order chi connectivity index (χ1) is 12.7. The van der Waals surface area contributed by atoms with Crippen LogP contribution in [0.5, 0.6) is 5.75 Å². The Bertz CT molecular complexity index is 830. The Morgan fingerprint density at radius 2 is 2.04 bits per heavy atom. The number of hydrogen-bond acceptors (Lipinski definition) is 4. The van der Waals surface area contributed by atoms with Crippen LogP contribution in [0.2, 0.25) is 0 Å². The molecule has 1 heterocycles. The molecule has 5 rings (SSSR count). The second-order valence-corrected chi connectivity index (χ2v) is 8.01. The predicted molar refractivity (Wildman–Crippen MR) is 96.8 cm³/mol. The number of carbonyl (C=O) groups is 1. The van der Waals surface area contributed by atoms with Gasteiger partial charge in [0.1, 0.15) is 5.75 Å². The van der Waals surface area contributed by atoms with Crippen molar-refractivity contribution in [3.05, 3.63) is 36.0 Å². The summed E-state index contributed by atoms with van der Waals surface area (Å²) in [7, 11) is 1.62. The second kappa shape index (κ2) is 6.15. The molecule has 1 aromatic heterocycles. The summed E-state index contributed by atoms with van der Waals surface area (Å²) in [5.74, 6) is 4.38. The van der Waals surface area contributed by atoms with E-state index in [9.17, 15) is 4.79 Å². The fraction of sp³-hybridized carbons (Fsp3) is 0.524. The molecule has 0 spiro atoms. The lowest BCUT2D eigenvalue weighted by atomic mass is 9.79. The minimum atomic E-state index is -0.123. The van der Waals surface area contributed by atoms with Crippen molar-refractivity contribution in [1.82, 2.24) is 10.5 Å². The summed E-state index contributed by atoms with van der Waals surface area (Å²) < 4.78 is 10.8. The van der Waals surface area contributed by atoms with E-state index in [0.29, 0.717) is 29.2 Å². The van der Waals surface area contributed by atoms with Crippen LogP contribution >= 0.6 is 0 Å². The van der Waals surface area contributed by atoms with E-state index < -0.39 is 0 Å². The standard InChI is InChI=1S/C21H24N2O3/c1-25-19-8-3-2-5-15(19)20-11-18(23-26-20)21(24)22-17-10-12-9-16(17)14-7-4-6-13(12)14/h2-3,5,8,11-14,16-17H,4,6-7,9-10H2,1H3,(H,22,24)/t12-,13-,14-,16+,17-/m1/s1. The molecule has 0 radical (unpaired) electrons. The van der Waals surface area contributed by atoms with E-state index in [2.05, 4.69) is 10.5 Å². The largest absolute Gasteiger partial charge is 0.496 e. The number of amides is 1. The minimum absolute atomic E-state index is 0.123. The van der Waals surface area contributed by atoms with Gasteiger partial charge in [-0.15, -0.1) is 0 Å². The first-order valence-electron chi connectivity index (χ1n) is 9.65. The maximum Gasteiger partial charge on any atom is 0.273 e. The molecule has 5 atom stereocenters. The molecule has 0 saturated heterocycles. The van der Waals surface area contributed by atoms with Crippen molar-refractivity contribution in [2.24, 2.45) is 23.7 Å². The number of hydrogen-bond donors (Lipinski definition) is 1. The molecule has 3 saturated carbocycles. The van der Waals surface area contributed by atoms with Crippen molar-refractivity contribution in [3.8, 4) is 17.1 Å². The first kappa shape index (κ1) is 15.9. The predicted octanol–water partition coefficient (Wildman–Crippen LogP) is 3.90. The van der Waals surface area contributed by atoms with E-state index in [4.69, 9.17) is 9.26 Å². The van der Waals surface area contributed by atoms with Gasteiger partial charge in [0.2, 0.25) is 0 Å². The summed E-state index contributed by atoms with van der Waals surface area (Å²) in [4.78, 5) is 12.7. The van der Waals surface area contributed by atoms with Gasteiger partial charge in [-0.1, -0.05) is 23.7 Å². The minimum Gasteiger partial charge on any atom is -0.496 e. The molecule has 1 N–H and O–H groups in total. The molecule has 5 nitrogen and oxygen atoms in total.